The van der Waals surface area contributed by atoms with Crippen LogP contribution >= 0.6 is 0 Å². The lowest BCUT2D eigenvalue weighted by Crippen LogP contribution is -2.44. The predicted molar refractivity (Wildman–Crippen MR) is 97.4 cm³/mol. The lowest BCUT2D eigenvalue weighted by molar-refractivity contribution is -0.116. The molecule has 8 heteroatoms. The van der Waals surface area contributed by atoms with E-state index in [1.165, 1.54) is 0 Å². The third-order valence-corrected chi connectivity index (χ3v) is 4.59. The molecule has 2 amide bonds. The van der Waals surface area contributed by atoms with Crippen LogP contribution in [0.15, 0.2) is 36.8 Å². The molecule has 26 heavy (non-hydrogen) atoms. The zero-order valence-electron chi connectivity index (χ0n) is 14.7. The van der Waals surface area contributed by atoms with Crippen LogP contribution in [0, 0.1) is 0 Å². The number of aryl methyl sites for hydroxylation is 1. The lowest BCUT2D eigenvalue weighted by atomic mass is 9.98. The maximum atomic E-state index is 12.9. The number of carbonyl (C=O) groups excluding carboxylic acids is 2. The van der Waals surface area contributed by atoms with Crippen LogP contribution in [-0.2, 0) is 11.3 Å². The Labute approximate surface area is 152 Å². The van der Waals surface area contributed by atoms with E-state index in [1.54, 1.807) is 24.5 Å². The maximum absolute atomic E-state index is 12.9. The van der Waals surface area contributed by atoms with Gasteiger partial charge in [-0.2, -0.15) is 5.10 Å². The van der Waals surface area contributed by atoms with Gasteiger partial charge in [0.1, 0.15) is 5.82 Å². The highest BCUT2D eigenvalue weighted by Crippen LogP contribution is 2.22. The molecule has 3 N–H and O–H groups in total. The normalized spacial score (nSPS) is 17.1. The molecule has 138 valence electrons. The van der Waals surface area contributed by atoms with E-state index in [0.29, 0.717) is 11.4 Å². The Morgan fingerprint density at radius 3 is 2.88 bits per heavy atom. The molecule has 0 spiro atoms. The summed E-state index contributed by atoms with van der Waals surface area (Å²) >= 11 is 0. The fourth-order valence-electron chi connectivity index (χ4n) is 3.25. The number of pyridine rings is 1. The van der Waals surface area contributed by atoms with Crippen LogP contribution in [0.5, 0.6) is 0 Å². The van der Waals surface area contributed by atoms with Gasteiger partial charge in [0.15, 0.2) is 0 Å². The number of anilines is 1. The largest absolute Gasteiger partial charge is 0.368 e. The van der Waals surface area contributed by atoms with Crippen LogP contribution in [-0.4, -0.2) is 50.6 Å². The van der Waals surface area contributed by atoms with Gasteiger partial charge in [-0.15, -0.1) is 0 Å². The molecule has 1 aliphatic rings. The first kappa shape index (κ1) is 17.9. The molecule has 1 fully saturated rings. The number of nitrogens with two attached hydrogens (primary N) is 1. The second-order valence-electron chi connectivity index (χ2n) is 6.46. The Hall–Kier alpha value is -2.90. The van der Waals surface area contributed by atoms with Crippen molar-refractivity contribution in [1.29, 1.82) is 0 Å². The third kappa shape index (κ3) is 4.59. The zero-order valence-corrected chi connectivity index (χ0v) is 14.7. The molecule has 3 heterocycles. The van der Waals surface area contributed by atoms with E-state index in [1.807, 2.05) is 21.8 Å². The number of carbonyl (C=O) groups is 2. The van der Waals surface area contributed by atoms with Crippen LogP contribution < -0.4 is 11.1 Å². The molecule has 2 aromatic heterocycles. The topological polar surface area (TPSA) is 106 Å². The maximum Gasteiger partial charge on any atom is 0.255 e. The SMILES string of the molecule is NC(=O)CNc1ccc(C(=O)N2CCCCC2CCn2cccn2)cn1. The predicted octanol–water partition coefficient (Wildman–Crippen LogP) is 1.26. The van der Waals surface area contributed by atoms with Crippen molar-refractivity contribution < 1.29 is 9.59 Å². The molecule has 0 bridgehead atoms. The Morgan fingerprint density at radius 2 is 2.19 bits per heavy atom. The van der Waals surface area contributed by atoms with Crippen molar-refractivity contribution in [2.45, 2.75) is 38.3 Å². The van der Waals surface area contributed by atoms with Gasteiger partial charge in [-0.1, -0.05) is 0 Å². The van der Waals surface area contributed by atoms with Gasteiger partial charge < -0.3 is 16.0 Å². The summed E-state index contributed by atoms with van der Waals surface area (Å²) in [6.07, 6.45) is 9.32. The average molecular weight is 356 g/mol. The molecule has 0 saturated carbocycles. The smallest absolute Gasteiger partial charge is 0.255 e. The number of nitrogens with one attached hydrogen (secondary N) is 1. The van der Waals surface area contributed by atoms with Crippen molar-refractivity contribution in [1.82, 2.24) is 19.7 Å². The summed E-state index contributed by atoms with van der Waals surface area (Å²) in [6.45, 7) is 1.59. The third-order valence-electron chi connectivity index (χ3n) is 4.59. The molecule has 1 atom stereocenters. The fraction of sp³-hybridized carbons (Fsp3) is 0.444. The van der Waals surface area contributed by atoms with Crippen LogP contribution in [0.4, 0.5) is 5.82 Å². The molecule has 0 aliphatic carbocycles. The number of hydrogen-bond acceptors (Lipinski definition) is 5. The highest BCUT2D eigenvalue weighted by Gasteiger charge is 2.27. The van der Waals surface area contributed by atoms with Crippen LogP contribution in [0.1, 0.15) is 36.0 Å². The van der Waals surface area contributed by atoms with Gasteiger partial charge in [0.05, 0.1) is 12.1 Å². The van der Waals surface area contributed by atoms with Crippen LogP contribution in [0.3, 0.4) is 0 Å². The Kier molecular flexibility index (Phi) is 5.83. The van der Waals surface area contributed by atoms with Gasteiger partial charge in [-0.25, -0.2) is 4.98 Å². The van der Waals surface area contributed by atoms with E-state index in [-0.39, 0.29) is 18.5 Å². The molecule has 2 aromatic rings. The summed E-state index contributed by atoms with van der Waals surface area (Å²) in [5, 5.41) is 7.05. The Balaban J connectivity index is 1.62. The minimum Gasteiger partial charge on any atom is -0.368 e. The number of aromatic nitrogens is 3. The second kappa shape index (κ2) is 8.46. The fourth-order valence-corrected chi connectivity index (χ4v) is 3.25. The number of primary amides is 1. The van der Waals surface area contributed by atoms with Crippen LogP contribution in [0.2, 0.25) is 0 Å². The van der Waals surface area contributed by atoms with Gasteiger partial charge >= 0.3 is 0 Å². The van der Waals surface area contributed by atoms with Crippen LogP contribution in [0.25, 0.3) is 0 Å². The van der Waals surface area contributed by atoms with Crippen molar-refractivity contribution in [3.05, 3.63) is 42.4 Å². The quantitative estimate of drug-likeness (QED) is 0.777. The van der Waals surface area contributed by atoms with Gasteiger partial charge in [-0.05, 0) is 43.9 Å². The van der Waals surface area contributed by atoms with Gasteiger partial charge in [0, 0.05) is 37.7 Å². The highest BCUT2D eigenvalue weighted by atomic mass is 16.2. The first-order valence-corrected chi connectivity index (χ1v) is 8.90. The van der Waals surface area contributed by atoms with Crippen molar-refractivity contribution in [2.24, 2.45) is 5.73 Å². The Morgan fingerprint density at radius 1 is 1.31 bits per heavy atom. The number of rotatable bonds is 7. The monoisotopic (exact) mass is 356 g/mol. The Bertz CT molecular complexity index is 729. The van der Waals surface area contributed by atoms with Gasteiger partial charge in [0.2, 0.25) is 5.91 Å². The molecule has 0 radical (unpaired) electrons. The van der Waals surface area contributed by atoms with Crippen molar-refractivity contribution >= 4 is 17.6 Å². The summed E-state index contributed by atoms with van der Waals surface area (Å²) in [5.41, 5.74) is 5.65. The summed E-state index contributed by atoms with van der Waals surface area (Å²) < 4.78 is 1.90. The first-order chi connectivity index (χ1) is 12.6. The van der Waals surface area contributed by atoms with Crippen molar-refractivity contribution in [3.63, 3.8) is 0 Å². The molecule has 1 unspecified atom stereocenters. The molecule has 1 saturated heterocycles. The zero-order chi connectivity index (χ0) is 18.4. The molecular weight excluding hydrogens is 332 g/mol. The van der Waals surface area contributed by atoms with E-state index < -0.39 is 5.91 Å². The second-order valence-corrected chi connectivity index (χ2v) is 6.46. The summed E-state index contributed by atoms with van der Waals surface area (Å²) in [5.74, 6) is 0.0682. The summed E-state index contributed by atoms with van der Waals surface area (Å²) in [6, 6.07) is 5.55. The van der Waals surface area contributed by atoms with E-state index in [4.69, 9.17) is 5.73 Å². The number of piperidine rings is 1. The van der Waals surface area contributed by atoms with E-state index >= 15 is 0 Å². The standard InChI is InChI=1S/C18H24N6O2/c19-16(25)13-21-17-6-5-14(12-20-17)18(26)24-10-2-1-4-15(24)7-11-23-9-3-8-22-23/h3,5-6,8-9,12,15H,1-2,4,7,10-11,13H2,(H2,19,25)(H,20,21). The number of likely N-dealkylation sites (tertiary alicyclic amines) is 1. The van der Waals surface area contributed by atoms with Crippen molar-refractivity contribution in [2.75, 3.05) is 18.4 Å². The first-order valence-electron chi connectivity index (χ1n) is 8.90. The number of hydrogen-bond donors (Lipinski definition) is 2. The molecule has 1 aliphatic heterocycles. The van der Waals surface area contributed by atoms with E-state index in [2.05, 4.69) is 15.4 Å². The average Bonchev–Trinajstić information content (AvgIpc) is 3.18. The van der Waals surface area contributed by atoms with Gasteiger partial charge in [-0.3, -0.25) is 14.3 Å². The highest BCUT2D eigenvalue weighted by molar-refractivity contribution is 5.94. The van der Waals surface area contributed by atoms with E-state index in [9.17, 15) is 9.59 Å². The number of nitrogens with zero attached hydrogens (tertiary/aromatic N) is 4. The minimum absolute atomic E-state index is 0.00381. The summed E-state index contributed by atoms with van der Waals surface area (Å²) in [7, 11) is 0. The van der Waals surface area contributed by atoms with Gasteiger partial charge in [0.25, 0.3) is 5.91 Å². The molecule has 8 nitrogen and oxygen atoms in total. The minimum atomic E-state index is -0.458. The van der Waals surface area contributed by atoms with Crippen molar-refractivity contribution in [3.8, 4) is 0 Å². The molecule has 0 aromatic carbocycles. The molecular formula is C18H24N6O2. The lowest BCUT2D eigenvalue weighted by Gasteiger charge is -2.36. The molecule has 3 rings (SSSR count). The number of amides is 2. The van der Waals surface area contributed by atoms with E-state index in [0.717, 1.165) is 38.8 Å². The summed E-state index contributed by atoms with van der Waals surface area (Å²) in [4.78, 5) is 29.9.